The number of benzene rings is 2. The number of aliphatic carboxylic acids is 1. The minimum atomic E-state index is -1.12. The summed E-state index contributed by atoms with van der Waals surface area (Å²) in [5.41, 5.74) is 0.582. The Hall–Kier alpha value is -2.67. The lowest BCUT2D eigenvalue weighted by molar-refractivity contribution is -0.139. The van der Waals surface area contributed by atoms with Crippen LogP contribution in [0.4, 0.5) is 4.39 Å². The van der Waals surface area contributed by atoms with E-state index in [1.54, 1.807) is 12.1 Å². The lowest BCUT2D eigenvalue weighted by atomic mass is 10.1. The topological polar surface area (TPSA) is 72.8 Å². The highest BCUT2D eigenvalue weighted by molar-refractivity contribution is 9.10. The third-order valence-corrected chi connectivity index (χ3v) is 3.67. The lowest BCUT2D eigenvalue weighted by Crippen LogP contribution is -2.10. The van der Waals surface area contributed by atoms with Crippen LogP contribution in [0.25, 0.3) is 6.08 Å². The second-order valence-electron chi connectivity index (χ2n) is 4.91. The average molecular weight is 409 g/mol. The summed E-state index contributed by atoms with van der Waals surface area (Å²) in [5.74, 6) is -1.49. The highest BCUT2D eigenvalue weighted by Crippen LogP contribution is 2.28. The lowest BCUT2D eigenvalue weighted by Gasteiger charge is -2.10. The predicted molar refractivity (Wildman–Crippen MR) is 93.6 cm³/mol. The van der Waals surface area contributed by atoms with E-state index in [0.717, 1.165) is 0 Å². The molecule has 0 aliphatic rings. The second-order valence-corrected chi connectivity index (χ2v) is 5.83. The Labute approximate surface area is 151 Å². The maximum atomic E-state index is 13.7. The minimum Gasteiger partial charge on any atom is -0.493 e. The Morgan fingerprint density at radius 2 is 1.96 bits per heavy atom. The number of carbonyl (C=O) groups is 2. The van der Waals surface area contributed by atoms with Crippen LogP contribution in [0.2, 0.25) is 0 Å². The molecule has 0 bridgehead atoms. The Morgan fingerprint density at radius 3 is 2.60 bits per heavy atom. The van der Waals surface area contributed by atoms with Crippen molar-refractivity contribution >= 4 is 33.8 Å². The van der Waals surface area contributed by atoms with Crippen molar-refractivity contribution in [3.05, 3.63) is 63.9 Å². The fourth-order valence-corrected chi connectivity index (χ4v) is 2.31. The maximum absolute atomic E-state index is 13.7. The van der Waals surface area contributed by atoms with E-state index in [9.17, 15) is 14.0 Å². The van der Waals surface area contributed by atoms with E-state index in [-0.39, 0.29) is 22.8 Å². The number of ether oxygens (including phenoxy) is 2. The van der Waals surface area contributed by atoms with Gasteiger partial charge >= 0.3 is 5.97 Å². The van der Waals surface area contributed by atoms with E-state index in [1.165, 1.54) is 43.5 Å². The van der Waals surface area contributed by atoms with E-state index in [0.29, 0.717) is 10.0 Å². The summed E-state index contributed by atoms with van der Waals surface area (Å²) < 4.78 is 24.5. The molecule has 2 aromatic rings. The molecular formula is C18H14BrFO5. The van der Waals surface area contributed by atoms with Crippen molar-refractivity contribution in [3.63, 3.8) is 0 Å². The van der Waals surface area contributed by atoms with Gasteiger partial charge in [-0.3, -0.25) is 4.79 Å². The number of ketones is 1. The minimum absolute atomic E-state index is 0.212. The van der Waals surface area contributed by atoms with Gasteiger partial charge in [0.25, 0.3) is 0 Å². The summed E-state index contributed by atoms with van der Waals surface area (Å²) in [7, 11) is 1.38. The summed E-state index contributed by atoms with van der Waals surface area (Å²) in [5, 5.41) is 8.64. The molecule has 25 heavy (non-hydrogen) atoms. The van der Waals surface area contributed by atoms with Gasteiger partial charge in [0.1, 0.15) is 5.82 Å². The zero-order chi connectivity index (χ0) is 18.4. The van der Waals surface area contributed by atoms with Crippen molar-refractivity contribution in [2.24, 2.45) is 0 Å². The number of carboxylic acids is 1. The number of hydrogen-bond donors (Lipinski definition) is 1. The number of halogens is 2. The van der Waals surface area contributed by atoms with Crippen LogP contribution in [-0.4, -0.2) is 30.6 Å². The Bertz CT molecular complexity index is 832. The van der Waals surface area contributed by atoms with Crippen molar-refractivity contribution in [3.8, 4) is 11.5 Å². The van der Waals surface area contributed by atoms with E-state index in [4.69, 9.17) is 14.6 Å². The number of hydrogen-bond acceptors (Lipinski definition) is 4. The molecule has 0 heterocycles. The van der Waals surface area contributed by atoms with Gasteiger partial charge in [0.2, 0.25) is 0 Å². The van der Waals surface area contributed by atoms with Crippen LogP contribution in [0.5, 0.6) is 11.5 Å². The first-order chi connectivity index (χ1) is 11.9. The van der Waals surface area contributed by atoms with Crippen molar-refractivity contribution in [1.29, 1.82) is 0 Å². The molecule has 0 amide bonds. The maximum Gasteiger partial charge on any atom is 0.341 e. The molecule has 5 nitrogen and oxygen atoms in total. The van der Waals surface area contributed by atoms with Gasteiger partial charge in [0.05, 0.1) is 7.11 Å². The zero-order valence-corrected chi connectivity index (χ0v) is 14.7. The van der Waals surface area contributed by atoms with Gasteiger partial charge in [-0.1, -0.05) is 22.0 Å². The van der Waals surface area contributed by atoms with Crippen molar-refractivity contribution in [2.45, 2.75) is 0 Å². The molecule has 7 heteroatoms. The smallest absolute Gasteiger partial charge is 0.341 e. The Kier molecular flexibility index (Phi) is 6.30. The monoisotopic (exact) mass is 408 g/mol. The molecule has 0 saturated carbocycles. The van der Waals surface area contributed by atoms with Gasteiger partial charge in [-0.25, -0.2) is 9.18 Å². The molecule has 0 spiro atoms. The van der Waals surface area contributed by atoms with E-state index >= 15 is 0 Å². The molecule has 0 aliphatic heterocycles. The second kappa shape index (κ2) is 8.43. The summed E-state index contributed by atoms with van der Waals surface area (Å²) in [4.78, 5) is 22.8. The molecular weight excluding hydrogens is 395 g/mol. The van der Waals surface area contributed by atoms with Gasteiger partial charge in [0, 0.05) is 15.6 Å². The number of methoxy groups -OCH3 is 1. The first-order valence-corrected chi connectivity index (χ1v) is 7.90. The van der Waals surface area contributed by atoms with Gasteiger partial charge in [-0.2, -0.15) is 0 Å². The summed E-state index contributed by atoms with van der Waals surface area (Å²) in [6, 6.07) is 8.88. The molecule has 2 aromatic carbocycles. The van der Waals surface area contributed by atoms with Crippen LogP contribution in [0, 0.1) is 5.82 Å². The molecule has 0 aromatic heterocycles. The molecule has 0 aliphatic carbocycles. The fraction of sp³-hybridized carbons (Fsp3) is 0.111. The number of carbonyl (C=O) groups excluding carboxylic acids is 1. The molecule has 130 valence electrons. The van der Waals surface area contributed by atoms with Crippen molar-refractivity contribution < 1.29 is 28.6 Å². The summed E-state index contributed by atoms with van der Waals surface area (Å²) in [6.07, 6.45) is 2.63. The summed E-state index contributed by atoms with van der Waals surface area (Å²) >= 11 is 3.16. The predicted octanol–water partition coefficient (Wildman–Crippen LogP) is 3.96. The molecule has 0 fully saturated rings. The van der Waals surface area contributed by atoms with E-state index in [2.05, 4.69) is 15.9 Å². The zero-order valence-electron chi connectivity index (χ0n) is 13.2. The first kappa shape index (κ1) is 18.7. The van der Waals surface area contributed by atoms with Gasteiger partial charge in [-0.15, -0.1) is 0 Å². The summed E-state index contributed by atoms with van der Waals surface area (Å²) in [6.45, 7) is -0.521. The largest absolute Gasteiger partial charge is 0.493 e. The SMILES string of the molecule is COc1cc(C(=O)/C=C/c2ccc(Br)cc2F)ccc1OCC(=O)O. The van der Waals surface area contributed by atoms with Crippen LogP contribution >= 0.6 is 15.9 Å². The molecule has 0 saturated heterocycles. The normalized spacial score (nSPS) is 10.7. The van der Waals surface area contributed by atoms with Crippen LogP contribution < -0.4 is 9.47 Å². The molecule has 1 N–H and O–H groups in total. The molecule has 0 radical (unpaired) electrons. The highest BCUT2D eigenvalue weighted by atomic mass is 79.9. The number of carboxylic acid groups (broad SMARTS) is 1. The number of rotatable bonds is 7. The van der Waals surface area contributed by atoms with Crippen LogP contribution in [0.3, 0.4) is 0 Å². The number of allylic oxidation sites excluding steroid dienone is 1. The Balaban J connectivity index is 2.18. The highest BCUT2D eigenvalue weighted by Gasteiger charge is 2.11. The van der Waals surface area contributed by atoms with Crippen LogP contribution in [0.15, 0.2) is 46.9 Å². The van der Waals surface area contributed by atoms with Crippen LogP contribution in [-0.2, 0) is 4.79 Å². The average Bonchev–Trinajstić information content (AvgIpc) is 2.58. The fourth-order valence-electron chi connectivity index (χ4n) is 1.98. The third kappa shape index (κ3) is 5.15. The molecule has 0 atom stereocenters. The molecule has 0 unspecified atom stereocenters. The van der Waals surface area contributed by atoms with Crippen molar-refractivity contribution in [1.82, 2.24) is 0 Å². The third-order valence-electron chi connectivity index (χ3n) is 3.18. The van der Waals surface area contributed by atoms with Gasteiger partial charge in [-0.05, 0) is 42.5 Å². The van der Waals surface area contributed by atoms with Gasteiger partial charge in [0.15, 0.2) is 23.9 Å². The van der Waals surface area contributed by atoms with Gasteiger partial charge < -0.3 is 14.6 Å². The van der Waals surface area contributed by atoms with E-state index < -0.39 is 18.4 Å². The first-order valence-electron chi connectivity index (χ1n) is 7.11. The molecule has 2 rings (SSSR count). The standard InChI is InChI=1S/C18H14BrFO5/c1-24-17-8-12(4-7-16(17)25-10-18(22)23)15(21)6-3-11-2-5-13(19)9-14(11)20/h2-9H,10H2,1H3,(H,22,23)/b6-3+. The van der Waals surface area contributed by atoms with Crippen LogP contribution in [0.1, 0.15) is 15.9 Å². The Morgan fingerprint density at radius 1 is 1.20 bits per heavy atom. The van der Waals surface area contributed by atoms with E-state index in [1.807, 2.05) is 0 Å². The van der Waals surface area contributed by atoms with Crippen molar-refractivity contribution in [2.75, 3.05) is 13.7 Å². The quantitative estimate of drug-likeness (QED) is 0.554.